The number of nitrogens with zero attached hydrogens (tertiary/aromatic N) is 1. The van der Waals surface area contributed by atoms with Gasteiger partial charge in [-0.05, 0) is 24.0 Å². The Hall–Kier alpha value is -2.00. The van der Waals surface area contributed by atoms with Gasteiger partial charge in [-0.25, -0.2) is 0 Å². The van der Waals surface area contributed by atoms with Crippen LogP contribution in [0.4, 0.5) is 0 Å². The average Bonchev–Trinajstić information content (AvgIpc) is 2.98. The van der Waals surface area contributed by atoms with Gasteiger partial charge in [0.15, 0.2) is 0 Å². The van der Waals surface area contributed by atoms with Crippen LogP contribution in [0, 0.1) is 0 Å². The van der Waals surface area contributed by atoms with E-state index in [-0.39, 0.29) is 0 Å². The molecule has 0 atom stereocenters. The molecule has 0 spiro atoms. The van der Waals surface area contributed by atoms with E-state index in [9.17, 15) is 0 Å². The minimum absolute atomic E-state index is 0.887. The number of thioether (sulfide) groups is 1. The van der Waals surface area contributed by atoms with Crippen molar-refractivity contribution in [2.24, 2.45) is 0 Å². The van der Waals surface area contributed by atoms with Crippen LogP contribution in [0.25, 0.3) is 22.4 Å². The van der Waals surface area contributed by atoms with Gasteiger partial charge in [0, 0.05) is 16.0 Å². The standard InChI is InChI=1S/C16H13NOS/c1-19-14-9-7-12(8-10-14)15-11-18-17-16(15)13-5-3-2-4-6-13/h2-11H,1H3. The molecule has 19 heavy (non-hydrogen) atoms. The summed E-state index contributed by atoms with van der Waals surface area (Å²) in [6.07, 6.45) is 3.78. The Morgan fingerprint density at radius 1 is 0.895 bits per heavy atom. The summed E-state index contributed by atoms with van der Waals surface area (Å²) in [6, 6.07) is 18.5. The van der Waals surface area contributed by atoms with Crippen molar-refractivity contribution in [3.63, 3.8) is 0 Å². The van der Waals surface area contributed by atoms with Crippen molar-refractivity contribution in [2.45, 2.75) is 4.90 Å². The molecule has 0 bridgehead atoms. The molecule has 0 amide bonds. The maximum absolute atomic E-state index is 5.16. The highest BCUT2D eigenvalue weighted by atomic mass is 32.2. The fourth-order valence-electron chi connectivity index (χ4n) is 2.02. The van der Waals surface area contributed by atoms with Crippen molar-refractivity contribution in [3.8, 4) is 22.4 Å². The van der Waals surface area contributed by atoms with Crippen molar-refractivity contribution in [2.75, 3.05) is 6.26 Å². The smallest absolute Gasteiger partial charge is 0.132 e. The van der Waals surface area contributed by atoms with Crippen molar-refractivity contribution < 1.29 is 4.52 Å². The first kappa shape index (κ1) is 12.1. The summed E-state index contributed by atoms with van der Waals surface area (Å²) in [6.45, 7) is 0. The van der Waals surface area contributed by atoms with Crippen LogP contribution >= 0.6 is 11.8 Å². The van der Waals surface area contributed by atoms with E-state index in [0.29, 0.717) is 0 Å². The molecule has 3 aromatic rings. The number of rotatable bonds is 3. The fraction of sp³-hybridized carbons (Fsp3) is 0.0625. The van der Waals surface area contributed by atoms with Gasteiger partial charge in [-0.2, -0.15) is 0 Å². The van der Waals surface area contributed by atoms with Crippen LogP contribution in [0.3, 0.4) is 0 Å². The Bertz CT molecular complexity index is 659. The molecular weight excluding hydrogens is 254 g/mol. The van der Waals surface area contributed by atoms with Gasteiger partial charge < -0.3 is 4.52 Å². The lowest BCUT2D eigenvalue weighted by Crippen LogP contribution is -1.82. The minimum atomic E-state index is 0.887. The normalized spacial score (nSPS) is 10.6. The first-order chi connectivity index (χ1) is 9.38. The highest BCUT2D eigenvalue weighted by molar-refractivity contribution is 7.98. The summed E-state index contributed by atoms with van der Waals surface area (Å²) in [7, 11) is 0. The van der Waals surface area contributed by atoms with Crippen molar-refractivity contribution in [1.29, 1.82) is 0 Å². The molecule has 3 rings (SSSR count). The zero-order valence-corrected chi connectivity index (χ0v) is 11.4. The van der Waals surface area contributed by atoms with Crippen LogP contribution in [0.15, 0.2) is 70.3 Å². The Morgan fingerprint density at radius 2 is 1.63 bits per heavy atom. The summed E-state index contributed by atoms with van der Waals surface area (Å²) in [5.41, 5.74) is 4.11. The molecule has 2 aromatic carbocycles. The Balaban J connectivity index is 2.04. The molecule has 3 heteroatoms. The van der Waals surface area contributed by atoms with Gasteiger partial charge in [-0.15, -0.1) is 11.8 Å². The predicted octanol–water partition coefficient (Wildman–Crippen LogP) is 4.73. The van der Waals surface area contributed by atoms with Crippen molar-refractivity contribution >= 4 is 11.8 Å². The largest absolute Gasteiger partial charge is 0.363 e. The lowest BCUT2D eigenvalue weighted by molar-refractivity contribution is 0.422. The van der Waals surface area contributed by atoms with E-state index >= 15 is 0 Å². The quantitative estimate of drug-likeness (QED) is 0.642. The van der Waals surface area contributed by atoms with Crippen LogP contribution in [-0.4, -0.2) is 11.4 Å². The van der Waals surface area contributed by atoms with E-state index < -0.39 is 0 Å². The van der Waals surface area contributed by atoms with E-state index in [4.69, 9.17) is 4.52 Å². The van der Waals surface area contributed by atoms with Gasteiger partial charge in [0.05, 0.1) is 0 Å². The summed E-state index contributed by atoms with van der Waals surface area (Å²) < 4.78 is 5.16. The summed E-state index contributed by atoms with van der Waals surface area (Å²) in [4.78, 5) is 1.25. The molecule has 0 unspecified atom stereocenters. The third-order valence-corrected chi connectivity index (χ3v) is 3.76. The SMILES string of the molecule is CSc1ccc(-c2conc2-c2ccccc2)cc1. The van der Waals surface area contributed by atoms with Gasteiger partial charge in [-0.1, -0.05) is 47.6 Å². The molecule has 0 aliphatic heterocycles. The van der Waals surface area contributed by atoms with E-state index in [1.165, 1.54) is 4.90 Å². The molecule has 2 nitrogen and oxygen atoms in total. The molecular formula is C16H13NOS. The second kappa shape index (κ2) is 5.33. The third kappa shape index (κ3) is 2.42. The van der Waals surface area contributed by atoms with Gasteiger partial charge in [0.1, 0.15) is 12.0 Å². The van der Waals surface area contributed by atoms with E-state index in [1.54, 1.807) is 18.0 Å². The maximum Gasteiger partial charge on any atom is 0.132 e. The monoisotopic (exact) mass is 267 g/mol. The first-order valence-electron chi connectivity index (χ1n) is 6.02. The van der Waals surface area contributed by atoms with Gasteiger partial charge >= 0.3 is 0 Å². The zero-order chi connectivity index (χ0) is 13.1. The van der Waals surface area contributed by atoms with Crippen LogP contribution < -0.4 is 0 Å². The van der Waals surface area contributed by atoms with E-state index in [1.807, 2.05) is 30.3 Å². The highest BCUT2D eigenvalue weighted by Gasteiger charge is 2.11. The topological polar surface area (TPSA) is 26.0 Å². The molecule has 0 saturated carbocycles. The van der Waals surface area contributed by atoms with E-state index in [2.05, 4.69) is 35.7 Å². The Morgan fingerprint density at radius 3 is 2.32 bits per heavy atom. The van der Waals surface area contributed by atoms with Gasteiger partial charge in [-0.3, -0.25) is 0 Å². The first-order valence-corrected chi connectivity index (χ1v) is 7.25. The van der Waals surface area contributed by atoms with Gasteiger partial charge in [0.2, 0.25) is 0 Å². The van der Waals surface area contributed by atoms with Crippen LogP contribution in [0.2, 0.25) is 0 Å². The number of hydrogen-bond donors (Lipinski definition) is 0. The Kier molecular flexibility index (Phi) is 3.38. The van der Waals surface area contributed by atoms with Crippen LogP contribution in [0.1, 0.15) is 0 Å². The summed E-state index contributed by atoms with van der Waals surface area (Å²) >= 11 is 1.74. The van der Waals surface area contributed by atoms with Gasteiger partial charge in [0.25, 0.3) is 0 Å². The van der Waals surface area contributed by atoms with E-state index in [0.717, 1.165) is 22.4 Å². The molecule has 1 heterocycles. The molecule has 0 N–H and O–H groups in total. The fourth-order valence-corrected chi connectivity index (χ4v) is 2.42. The molecule has 0 aliphatic rings. The molecule has 1 aromatic heterocycles. The Labute approximate surface area is 116 Å². The maximum atomic E-state index is 5.16. The molecule has 94 valence electrons. The molecule has 0 radical (unpaired) electrons. The summed E-state index contributed by atoms with van der Waals surface area (Å²) in [5, 5.41) is 4.13. The second-order valence-electron chi connectivity index (χ2n) is 4.17. The zero-order valence-electron chi connectivity index (χ0n) is 10.5. The average molecular weight is 267 g/mol. The number of aromatic nitrogens is 1. The van der Waals surface area contributed by atoms with Crippen molar-refractivity contribution in [3.05, 3.63) is 60.9 Å². The number of benzene rings is 2. The lowest BCUT2D eigenvalue weighted by Gasteiger charge is -2.02. The minimum Gasteiger partial charge on any atom is -0.363 e. The number of hydrogen-bond acceptors (Lipinski definition) is 3. The summed E-state index contributed by atoms with van der Waals surface area (Å²) in [5.74, 6) is 0. The molecule has 0 saturated heterocycles. The predicted molar refractivity (Wildman–Crippen MR) is 79.2 cm³/mol. The van der Waals surface area contributed by atoms with Crippen LogP contribution in [0.5, 0.6) is 0 Å². The molecule has 0 fully saturated rings. The second-order valence-corrected chi connectivity index (χ2v) is 5.05. The third-order valence-electron chi connectivity index (χ3n) is 3.02. The molecule has 0 aliphatic carbocycles. The lowest BCUT2D eigenvalue weighted by atomic mass is 10.0. The van der Waals surface area contributed by atoms with Crippen molar-refractivity contribution in [1.82, 2.24) is 5.16 Å². The highest BCUT2D eigenvalue weighted by Crippen LogP contribution is 2.31. The van der Waals surface area contributed by atoms with Crippen LogP contribution in [-0.2, 0) is 0 Å².